The second-order valence-electron chi connectivity index (χ2n) is 13.3. The van der Waals surface area contributed by atoms with Gasteiger partial charge < -0.3 is 30.6 Å². The van der Waals surface area contributed by atoms with E-state index in [2.05, 4.69) is 15.6 Å². The van der Waals surface area contributed by atoms with Gasteiger partial charge in [0.15, 0.2) is 5.82 Å². The number of carbonyl (C=O) groups is 4. The fourth-order valence-electron chi connectivity index (χ4n) is 6.34. The molecule has 2 atom stereocenters. The summed E-state index contributed by atoms with van der Waals surface area (Å²) < 4.78 is 7.48. The third-order valence-corrected chi connectivity index (χ3v) is 9.21. The van der Waals surface area contributed by atoms with Crippen LogP contribution in [0.2, 0.25) is 0 Å². The number of likely N-dealkylation sites (tertiary alicyclic amines) is 1. The molecule has 0 spiro atoms. The van der Waals surface area contributed by atoms with Crippen LogP contribution in [0.5, 0.6) is 0 Å². The molecule has 0 saturated carbocycles. The lowest BCUT2D eigenvalue weighted by molar-refractivity contribution is -0.138. The third-order valence-electron chi connectivity index (χ3n) is 9.21. The number of benzene rings is 3. The summed E-state index contributed by atoms with van der Waals surface area (Å²) in [5.74, 6) is -0.813. The number of imidazole rings is 1. The zero-order valence-corrected chi connectivity index (χ0v) is 28.9. The van der Waals surface area contributed by atoms with Crippen molar-refractivity contribution in [2.75, 3.05) is 25.0 Å². The predicted molar refractivity (Wildman–Crippen MR) is 191 cm³/mol. The number of nitrogens with two attached hydrogens (primary N) is 1. The Morgan fingerprint density at radius 2 is 1.52 bits per heavy atom. The smallest absolute Gasteiger partial charge is 0.250 e. The fraction of sp³-hybridized carbons (Fsp3) is 0.359. The number of carbonyl (C=O) groups excluding carboxylic acids is 4. The fourth-order valence-corrected chi connectivity index (χ4v) is 6.34. The molecule has 2 heterocycles. The second-order valence-corrected chi connectivity index (χ2v) is 13.3. The Bertz CT molecular complexity index is 1750. The van der Waals surface area contributed by atoms with E-state index in [0.717, 1.165) is 16.7 Å². The van der Waals surface area contributed by atoms with Crippen LogP contribution in [-0.2, 0) is 35.9 Å². The first-order valence-electron chi connectivity index (χ1n) is 17.0. The van der Waals surface area contributed by atoms with Gasteiger partial charge in [0.2, 0.25) is 11.8 Å². The topological polar surface area (TPSA) is 149 Å². The van der Waals surface area contributed by atoms with Crippen LogP contribution in [0.15, 0.2) is 104 Å². The summed E-state index contributed by atoms with van der Waals surface area (Å²) in [5, 5.41) is 5.46. The van der Waals surface area contributed by atoms with E-state index < -0.39 is 34.9 Å². The van der Waals surface area contributed by atoms with Gasteiger partial charge in [0, 0.05) is 25.7 Å². The second kappa shape index (κ2) is 16.1. The Labute approximate surface area is 293 Å². The Kier molecular flexibility index (Phi) is 11.6. The van der Waals surface area contributed by atoms with Gasteiger partial charge in [-0.05, 0) is 43.4 Å². The number of hydrogen-bond acceptors (Lipinski definition) is 7. The van der Waals surface area contributed by atoms with Gasteiger partial charge in [0.1, 0.15) is 17.9 Å². The highest BCUT2D eigenvalue weighted by Gasteiger charge is 2.43. The van der Waals surface area contributed by atoms with Gasteiger partial charge in [-0.1, -0.05) is 97.9 Å². The van der Waals surface area contributed by atoms with E-state index >= 15 is 0 Å². The first-order valence-corrected chi connectivity index (χ1v) is 17.0. The lowest BCUT2D eigenvalue weighted by atomic mass is 9.69. The van der Waals surface area contributed by atoms with E-state index in [1.807, 2.05) is 103 Å². The summed E-state index contributed by atoms with van der Waals surface area (Å²) in [4.78, 5) is 60.1. The van der Waals surface area contributed by atoms with Crippen LogP contribution in [0, 0.1) is 0 Å². The zero-order chi connectivity index (χ0) is 35.7. The predicted octanol–water partition coefficient (Wildman–Crippen LogP) is 4.39. The number of Topliss-reactive ketones (excluding diaryl/α,β-unsaturated/α-hetero) is 1. The van der Waals surface area contributed by atoms with Gasteiger partial charge in [-0.3, -0.25) is 19.2 Å². The molecule has 50 heavy (non-hydrogen) atoms. The lowest BCUT2D eigenvalue weighted by Gasteiger charge is -2.42. The molecule has 0 aliphatic carbocycles. The van der Waals surface area contributed by atoms with Gasteiger partial charge in [-0.15, -0.1) is 0 Å². The first kappa shape index (κ1) is 36.2. The van der Waals surface area contributed by atoms with E-state index in [9.17, 15) is 19.2 Å². The van der Waals surface area contributed by atoms with Gasteiger partial charge in [-0.25, -0.2) is 4.98 Å². The maximum Gasteiger partial charge on any atom is 0.250 e. The van der Waals surface area contributed by atoms with Crippen molar-refractivity contribution < 1.29 is 23.9 Å². The van der Waals surface area contributed by atoms with Crippen LogP contribution < -0.4 is 16.4 Å². The quantitative estimate of drug-likeness (QED) is 0.179. The van der Waals surface area contributed by atoms with E-state index in [0.29, 0.717) is 32.4 Å². The van der Waals surface area contributed by atoms with Gasteiger partial charge in [0.25, 0.3) is 5.91 Å². The van der Waals surface area contributed by atoms with Crippen molar-refractivity contribution in [3.05, 3.63) is 120 Å². The van der Waals surface area contributed by atoms with Crippen molar-refractivity contribution in [3.63, 3.8) is 0 Å². The largest absolute Gasteiger partial charge is 0.374 e. The number of nitrogens with one attached hydrogen (secondary N) is 2. The summed E-state index contributed by atoms with van der Waals surface area (Å²) in [7, 11) is 0. The molecule has 1 aliphatic rings. The van der Waals surface area contributed by atoms with Crippen molar-refractivity contribution >= 4 is 29.3 Å². The average Bonchev–Trinajstić information content (AvgIpc) is 3.59. The summed E-state index contributed by atoms with van der Waals surface area (Å²) in [6.07, 6.45) is 4.59. The van der Waals surface area contributed by atoms with E-state index in [1.54, 1.807) is 24.6 Å². The molecule has 11 nitrogen and oxygen atoms in total. The maximum absolute atomic E-state index is 14.3. The van der Waals surface area contributed by atoms with Crippen LogP contribution in [-0.4, -0.2) is 69.2 Å². The normalized spacial score (nSPS) is 15.5. The number of hydrogen-bond donors (Lipinski definition) is 3. The van der Waals surface area contributed by atoms with Crippen LogP contribution in [0.4, 0.5) is 5.82 Å². The van der Waals surface area contributed by atoms with Gasteiger partial charge in [0.05, 0.1) is 30.5 Å². The standard InChI is InChI=1S/C39H46N6O5/c1-4-32(46)39(30-18-12-7-13-19-30)20-22-44(23-21-39)36(48)34(29-16-10-6-11-17-29)45-24-33(41-27-45)43-35(47)31(42-37(49)38(2,3)40)26-50-25-28-14-8-5-9-15-28/h5-19,24,27,31,34H,4,20-23,25-26,40H2,1-3H3,(H,42,49)(H,43,47). The van der Waals surface area contributed by atoms with Crippen LogP contribution in [0.1, 0.15) is 62.8 Å². The molecule has 11 heteroatoms. The summed E-state index contributed by atoms with van der Waals surface area (Å²) in [6, 6.07) is 26.9. The van der Waals surface area contributed by atoms with Crippen LogP contribution in [0.25, 0.3) is 0 Å². The Morgan fingerprint density at radius 3 is 2.12 bits per heavy atom. The highest BCUT2D eigenvalue weighted by atomic mass is 16.5. The first-order chi connectivity index (χ1) is 24.0. The molecule has 0 bridgehead atoms. The average molecular weight is 679 g/mol. The number of piperidine rings is 1. The summed E-state index contributed by atoms with van der Waals surface area (Å²) in [5.41, 5.74) is 6.81. The molecule has 3 amide bonds. The highest BCUT2D eigenvalue weighted by Crippen LogP contribution is 2.38. The molecular formula is C39H46N6O5. The molecule has 3 aromatic carbocycles. The molecule has 4 aromatic rings. The van der Waals surface area contributed by atoms with Crippen molar-refractivity contribution in [2.45, 2.75) is 69.7 Å². The molecular weight excluding hydrogens is 632 g/mol. The SMILES string of the molecule is CCC(=O)C1(c2ccccc2)CCN(C(=O)C(c2ccccc2)n2cnc(NC(=O)C(COCc3ccccc3)NC(=O)C(C)(C)N)c2)CC1. The molecule has 1 saturated heterocycles. The minimum atomic E-state index is -1.22. The molecule has 0 radical (unpaired) electrons. The molecule has 1 aromatic heterocycles. The van der Waals surface area contributed by atoms with E-state index in [4.69, 9.17) is 10.5 Å². The monoisotopic (exact) mass is 678 g/mol. The molecule has 1 aliphatic heterocycles. The van der Waals surface area contributed by atoms with Gasteiger partial charge in [-0.2, -0.15) is 0 Å². The van der Waals surface area contributed by atoms with Gasteiger partial charge >= 0.3 is 0 Å². The van der Waals surface area contributed by atoms with Crippen molar-refractivity contribution in [2.24, 2.45) is 5.73 Å². The number of rotatable bonds is 14. The minimum Gasteiger partial charge on any atom is -0.374 e. The number of nitrogens with zero attached hydrogens (tertiary/aromatic N) is 3. The maximum atomic E-state index is 14.3. The number of anilines is 1. The van der Waals surface area contributed by atoms with Crippen LogP contribution in [0.3, 0.4) is 0 Å². The zero-order valence-electron chi connectivity index (χ0n) is 28.9. The van der Waals surface area contributed by atoms with Crippen molar-refractivity contribution in [1.29, 1.82) is 0 Å². The summed E-state index contributed by atoms with van der Waals surface area (Å²) >= 11 is 0. The summed E-state index contributed by atoms with van der Waals surface area (Å²) in [6.45, 7) is 5.97. The number of amides is 3. The molecule has 5 rings (SSSR count). The lowest BCUT2D eigenvalue weighted by Crippen LogP contribution is -2.56. The van der Waals surface area contributed by atoms with E-state index in [1.165, 1.54) is 6.33 Å². The van der Waals surface area contributed by atoms with Crippen molar-refractivity contribution in [1.82, 2.24) is 19.8 Å². The molecule has 2 unspecified atom stereocenters. The molecule has 1 fully saturated rings. The van der Waals surface area contributed by atoms with Crippen LogP contribution >= 0.6 is 0 Å². The van der Waals surface area contributed by atoms with Crippen molar-refractivity contribution in [3.8, 4) is 0 Å². The minimum absolute atomic E-state index is 0.103. The number of ketones is 1. The Balaban J connectivity index is 1.33. The Hall–Kier alpha value is -5.13. The number of ether oxygens (including phenoxy) is 1. The third kappa shape index (κ3) is 8.53. The Morgan fingerprint density at radius 1 is 0.920 bits per heavy atom. The van der Waals surface area contributed by atoms with E-state index in [-0.39, 0.29) is 30.7 Å². The molecule has 262 valence electrons. The molecule has 4 N–H and O–H groups in total. The number of aromatic nitrogens is 2. The highest BCUT2D eigenvalue weighted by molar-refractivity contribution is 5.98.